The third-order valence-corrected chi connectivity index (χ3v) is 5.73. The van der Waals surface area contributed by atoms with Crippen LogP contribution in [0.4, 0.5) is 5.69 Å². The Morgan fingerprint density at radius 2 is 1.56 bits per heavy atom. The highest BCUT2D eigenvalue weighted by atomic mass is 16.5. The van der Waals surface area contributed by atoms with E-state index in [9.17, 15) is 9.59 Å². The molecule has 4 aromatic rings. The van der Waals surface area contributed by atoms with Crippen LogP contribution < -0.4 is 14.8 Å². The Kier molecular flexibility index (Phi) is 7.70. The van der Waals surface area contributed by atoms with Gasteiger partial charge in [-0.05, 0) is 42.3 Å². The first-order valence-electron chi connectivity index (χ1n) is 11.6. The third-order valence-electron chi connectivity index (χ3n) is 5.73. The quantitative estimate of drug-likeness (QED) is 0.311. The van der Waals surface area contributed by atoms with Crippen LogP contribution >= 0.6 is 0 Å². The van der Waals surface area contributed by atoms with Gasteiger partial charge in [0.1, 0.15) is 11.5 Å². The Morgan fingerprint density at radius 3 is 2.22 bits per heavy atom. The molecular formula is C29H28N2O5. The summed E-state index contributed by atoms with van der Waals surface area (Å²) in [5.74, 6) is 0.212. The van der Waals surface area contributed by atoms with E-state index in [4.69, 9.17) is 14.2 Å². The fourth-order valence-corrected chi connectivity index (χ4v) is 4.01. The maximum atomic E-state index is 13.4. The third kappa shape index (κ3) is 5.25. The van der Waals surface area contributed by atoms with Gasteiger partial charge in [-0.3, -0.25) is 4.79 Å². The van der Waals surface area contributed by atoms with Crippen molar-refractivity contribution >= 4 is 17.6 Å². The lowest BCUT2D eigenvalue weighted by Crippen LogP contribution is -2.19. The molecular weight excluding hydrogens is 456 g/mol. The number of esters is 1. The molecule has 4 rings (SSSR count). The molecule has 0 saturated carbocycles. The molecule has 1 N–H and O–H groups in total. The average Bonchev–Trinajstić information content (AvgIpc) is 3.26. The molecule has 0 radical (unpaired) electrons. The summed E-state index contributed by atoms with van der Waals surface area (Å²) in [5, 5.41) is 2.97. The van der Waals surface area contributed by atoms with E-state index in [0.29, 0.717) is 34.9 Å². The van der Waals surface area contributed by atoms with Crippen molar-refractivity contribution in [1.29, 1.82) is 0 Å². The molecule has 1 aromatic heterocycles. The van der Waals surface area contributed by atoms with E-state index in [0.717, 1.165) is 11.1 Å². The summed E-state index contributed by atoms with van der Waals surface area (Å²) in [6, 6.07) is 24.2. The molecule has 0 aliphatic rings. The van der Waals surface area contributed by atoms with Gasteiger partial charge < -0.3 is 24.1 Å². The van der Waals surface area contributed by atoms with Gasteiger partial charge in [-0.25, -0.2) is 4.79 Å². The van der Waals surface area contributed by atoms with Crippen molar-refractivity contribution in [2.24, 2.45) is 0 Å². The van der Waals surface area contributed by atoms with E-state index in [1.165, 1.54) is 7.11 Å². The van der Waals surface area contributed by atoms with Crippen LogP contribution in [0.15, 0.2) is 85.1 Å². The number of nitrogens with zero attached hydrogens (tertiary/aromatic N) is 1. The van der Waals surface area contributed by atoms with Crippen molar-refractivity contribution < 1.29 is 23.8 Å². The number of nitrogens with one attached hydrogen (secondary N) is 1. The minimum Gasteiger partial charge on any atom is -0.497 e. The standard InChI is InChI=1S/C29H28N2O5/c1-4-36-29(33)27-26(30-28(32)23-12-8-9-13-25(23)35-3)24(21-14-16-22(34-2)17-15-21)19-31(27)18-20-10-6-5-7-11-20/h5-17,19H,4,18H2,1-3H3,(H,30,32). The molecule has 7 nitrogen and oxygen atoms in total. The first kappa shape index (κ1) is 24.6. The monoisotopic (exact) mass is 484 g/mol. The second-order valence-corrected chi connectivity index (χ2v) is 7.98. The molecule has 36 heavy (non-hydrogen) atoms. The van der Waals surface area contributed by atoms with Crippen LogP contribution in [0.2, 0.25) is 0 Å². The highest BCUT2D eigenvalue weighted by molar-refractivity contribution is 6.12. The lowest BCUT2D eigenvalue weighted by atomic mass is 10.1. The number of carbonyl (C=O) groups excluding carboxylic acids is 2. The van der Waals surface area contributed by atoms with Gasteiger partial charge in [0.05, 0.1) is 32.1 Å². The molecule has 0 unspecified atom stereocenters. The smallest absolute Gasteiger partial charge is 0.357 e. The van der Waals surface area contributed by atoms with E-state index in [2.05, 4.69) is 5.32 Å². The van der Waals surface area contributed by atoms with Crippen molar-refractivity contribution in [2.45, 2.75) is 13.5 Å². The zero-order valence-electron chi connectivity index (χ0n) is 20.5. The molecule has 1 amide bonds. The van der Waals surface area contributed by atoms with E-state index in [1.54, 1.807) is 38.3 Å². The predicted molar refractivity (Wildman–Crippen MR) is 139 cm³/mol. The summed E-state index contributed by atoms with van der Waals surface area (Å²) in [6.45, 7) is 2.37. The zero-order chi connectivity index (χ0) is 25.5. The topological polar surface area (TPSA) is 78.8 Å². The number of methoxy groups -OCH3 is 2. The number of ether oxygens (including phenoxy) is 3. The Balaban J connectivity index is 1.87. The van der Waals surface area contributed by atoms with Gasteiger partial charge in [0.15, 0.2) is 5.69 Å². The maximum Gasteiger partial charge on any atom is 0.357 e. The van der Waals surface area contributed by atoms with Crippen molar-refractivity contribution in [3.63, 3.8) is 0 Å². The SMILES string of the molecule is CCOC(=O)c1c(NC(=O)c2ccccc2OC)c(-c2ccc(OC)cc2)cn1Cc1ccccc1. The van der Waals surface area contributed by atoms with Gasteiger partial charge >= 0.3 is 5.97 Å². The van der Waals surface area contributed by atoms with Gasteiger partial charge in [0.25, 0.3) is 5.91 Å². The van der Waals surface area contributed by atoms with Crippen molar-refractivity contribution in [2.75, 3.05) is 26.1 Å². The Bertz CT molecular complexity index is 1340. The lowest BCUT2D eigenvalue weighted by Gasteiger charge is -2.13. The molecule has 184 valence electrons. The van der Waals surface area contributed by atoms with Gasteiger partial charge in [0.2, 0.25) is 0 Å². The molecule has 0 spiro atoms. The number of amides is 1. The van der Waals surface area contributed by atoms with E-state index in [-0.39, 0.29) is 12.3 Å². The molecule has 0 atom stereocenters. The molecule has 0 bridgehead atoms. The maximum absolute atomic E-state index is 13.4. The highest BCUT2D eigenvalue weighted by Crippen LogP contribution is 2.36. The predicted octanol–water partition coefficient (Wildman–Crippen LogP) is 5.65. The fourth-order valence-electron chi connectivity index (χ4n) is 4.01. The summed E-state index contributed by atoms with van der Waals surface area (Å²) in [7, 11) is 3.11. The summed E-state index contributed by atoms with van der Waals surface area (Å²) in [5.41, 5.74) is 3.47. The van der Waals surface area contributed by atoms with E-state index >= 15 is 0 Å². The summed E-state index contributed by atoms with van der Waals surface area (Å²) >= 11 is 0. The van der Waals surface area contributed by atoms with Crippen LogP contribution in [-0.4, -0.2) is 37.3 Å². The largest absolute Gasteiger partial charge is 0.497 e. The molecule has 1 heterocycles. The molecule has 3 aromatic carbocycles. The van der Waals surface area contributed by atoms with E-state index in [1.807, 2.05) is 65.4 Å². The van der Waals surface area contributed by atoms with Gasteiger partial charge in [-0.2, -0.15) is 0 Å². The highest BCUT2D eigenvalue weighted by Gasteiger charge is 2.26. The number of rotatable bonds is 9. The molecule has 0 fully saturated rings. The molecule has 7 heteroatoms. The van der Waals surface area contributed by atoms with Crippen LogP contribution in [-0.2, 0) is 11.3 Å². The van der Waals surface area contributed by atoms with Gasteiger partial charge in [-0.15, -0.1) is 0 Å². The van der Waals surface area contributed by atoms with Gasteiger partial charge in [-0.1, -0.05) is 54.6 Å². The normalized spacial score (nSPS) is 10.5. The number of benzene rings is 3. The van der Waals surface area contributed by atoms with Crippen LogP contribution in [0, 0.1) is 0 Å². The first-order chi connectivity index (χ1) is 17.5. The summed E-state index contributed by atoms with van der Waals surface area (Å²) in [4.78, 5) is 26.6. The minimum absolute atomic E-state index is 0.202. The number of aromatic nitrogens is 1. The minimum atomic E-state index is -0.525. The van der Waals surface area contributed by atoms with Crippen molar-refractivity contribution in [3.05, 3.63) is 102 Å². The van der Waals surface area contributed by atoms with Gasteiger partial charge in [0, 0.05) is 18.3 Å². The van der Waals surface area contributed by atoms with Crippen LogP contribution in [0.1, 0.15) is 33.3 Å². The number of para-hydroxylation sites is 1. The van der Waals surface area contributed by atoms with Crippen LogP contribution in [0.3, 0.4) is 0 Å². The molecule has 0 saturated heterocycles. The second kappa shape index (κ2) is 11.3. The lowest BCUT2D eigenvalue weighted by molar-refractivity contribution is 0.0515. The molecule has 0 aliphatic heterocycles. The van der Waals surface area contributed by atoms with Crippen LogP contribution in [0.5, 0.6) is 11.5 Å². The number of hydrogen-bond acceptors (Lipinski definition) is 5. The number of hydrogen-bond donors (Lipinski definition) is 1. The first-order valence-corrected chi connectivity index (χ1v) is 11.6. The Labute approximate surface area is 210 Å². The van der Waals surface area contributed by atoms with Crippen molar-refractivity contribution in [3.8, 4) is 22.6 Å². The van der Waals surface area contributed by atoms with E-state index < -0.39 is 11.9 Å². The summed E-state index contributed by atoms with van der Waals surface area (Å²) < 4.78 is 17.9. The summed E-state index contributed by atoms with van der Waals surface area (Å²) in [6.07, 6.45) is 1.86. The molecule has 0 aliphatic carbocycles. The number of anilines is 1. The Hall–Kier alpha value is -4.52. The van der Waals surface area contributed by atoms with Crippen molar-refractivity contribution in [1.82, 2.24) is 4.57 Å². The average molecular weight is 485 g/mol. The van der Waals surface area contributed by atoms with Crippen LogP contribution in [0.25, 0.3) is 11.1 Å². The Morgan fingerprint density at radius 1 is 0.861 bits per heavy atom. The fraction of sp³-hybridized carbons (Fsp3) is 0.172. The zero-order valence-corrected chi connectivity index (χ0v) is 20.5. The number of carbonyl (C=O) groups is 2. The second-order valence-electron chi connectivity index (χ2n) is 7.98.